The number of pyridine rings is 1. The Morgan fingerprint density at radius 1 is 1.31 bits per heavy atom. The van der Waals surface area contributed by atoms with Crippen molar-refractivity contribution >= 4 is 23.7 Å². The molecule has 1 heterocycles. The summed E-state index contributed by atoms with van der Waals surface area (Å²) >= 11 is 3.37. The summed E-state index contributed by atoms with van der Waals surface area (Å²) in [6.07, 6.45) is 4.28. The summed E-state index contributed by atoms with van der Waals surface area (Å²) in [6, 6.07) is 7.76. The molecule has 1 N–H and O–H groups in total. The molecule has 1 aromatic carbocycles. The van der Waals surface area contributed by atoms with Gasteiger partial charge >= 0.3 is 5.23 Å². The van der Waals surface area contributed by atoms with E-state index in [1.54, 1.807) is 24.5 Å². The molecule has 0 atom stereocenters. The molecule has 0 amide bonds. The maximum Gasteiger partial charge on any atom is 0.414 e. The molecule has 0 aliphatic heterocycles. The van der Waals surface area contributed by atoms with Crippen LogP contribution in [-0.2, 0) is 19.0 Å². The number of benzene rings is 1. The Bertz CT molecular complexity index is 790. The van der Waals surface area contributed by atoms with E-state index in [9.17, 15) is 0 Å². The molecule has 5 nitrogen and oxygen atoms in total. The second-order valence-electron chi connectivity index (χ2n) is 6.30. The van der Waals surface area contributed by atoms with E-state index in [1.807, 2.05) is 13.0 Å². The Kier molecular flexibility index (Phi) is 7.36. The van der Waals surface area contributed by atoms with Crippen LogP contribution in [0.1, 0.15) is 29.2 Å². The van der Waals surface area contributed by atoms with Crippen LogP contribution in [0.2, 0.25) is 0 Å². The number of nitrogens with zero attached hydrogens (tertiary/aromatic N) is 3. The second kappa shape index (κ2) is 9.50. The fraction of sp³-hybridized carbons (Fsp3) is 0.350. The van der Waals surface area contributed by atoms with Gasteiger partial charge in [0.15, 0.2) is 5.84 Å². The molecule has 0 aliphatic carbocycles. The lowest BCUT2D eigenvalue weighted by Gasteiger charge is -2.16. The van der Waals surface area contributed by atoms with Gasteiger partial charge in [0, 0.05) is 24.5 Å². The highest BCUT2D eigenvalue weighted by atomic mass is 32.1. The van der Waals surface area contributed by atoms with Crippen molar-refractivity contribution in [2.45, 2.75) is 27.2 Å². The molecule has 26 heavy (non-hydrogen) atoms. The van der Waals surface area contributed by atoms with Crippen LogP contribution in [0.4, 0.5) is 0 Å². The zero-order valence-corrected chi connectivity index (χ0v) is 16.8. The van der Waals surface area contributed by atoms with Crippen LogP contribution >= 0.6 is 0 Å². The van der Waals surface area contributed by atoms with E-state index in [4.69, 9.17) is 10.1 Å². The largest absolute Gasteiger partial charge is 0.414 e. The number of hydrogen-bond acceptors (Lipinski definition) is 4. The summed E-state index contributed by atoms with van der Waals surface area (Å²) in [6.45, 7) is 8.35. The van der Waals surface area contributed by atoms with Crippen molar-refractivity contribution in [2.75, 3.05) is 20.1 Å². The van der Waals surface area contributed by atoms with Gasteiger partial charge in [-0.2, -0.15) is 0 Å². The molecule has 2 rings (SSSR count). The number of likely N-dealkylation sites (N-methyl/N-ethyl adjacent to an activating group) is 1. The first kappa shape index (κ1) is 20.1. The molecule has 0 spiro atoms. The fourth-order valence-corrected chi connectivity index (χ4v) is 2.72. The third-order valence-corrected chi connectivity index (χ3v) is 4.51. The molecular weight excluding hydrogens is 344 g/mol. The van der Waals surface area contributed by atoms with Crippen molar-refractivity contribution in [3.05, 3.63) is 58.9 Å². The van der Waals surface area contributed by atoms with Gasteiger partial charge in [-0.1, -0.05) is 13.0 Å². The molecular formula is C20H27N4OS+. The summed E-state index contributed by atoms with van der Waals surface area (Å²) < 4.78 is 5.81. The maximum absolute atomic E-state index is 8.03. The minimum atomic E-state index is 0.0942. The van der Waals surface area contributed by atoms with E-state index in [2.05, 4.69) is 54.5 Å². The Hall–Kier alpha value is -2.18. The number of nitrogens with one attached hydrogen (secondary N) is 1. The number of aromatic nitrogens is 1. The van der Waals surface area contributed by atoms with E-state index in [0.29, 0.717) is 5.56 Å². The van der Waals surface area contributed by atoms with E-state index >= 15 is 0 Å². The van der Waals surface area contributed by atoms with Crippen LogP contribution in [0.25, 0.3) is 0 Å². The second-order valence-corrected chi connectivity index (χ2v) is 6.73. The monoisotopic (exact) mass is 371 g/mol. The van der Waals surface area contributed by atoms with E-state index in [0.717, 1.165) is 30.8 Å². The summed E-state index contributed by atoms with van der Waals surface area (Å²) in [5.74, 6) is 0.833. The number of aliphatic imine (C=N–C) groups is 1. The van der Waals surface area contributed by atoms with Crippen molar-refractivity contribution < 1.29 is 4.74 Å². The molecule has 2 aromatic rings. The van der Waals surface area contributed by atoms with Crippen molar-refractivity contribution in [3.63, 3.8) is 0 Å². The Labute approximate surface area is 161 Å². The summed E-state index contributed by atoms with van der Waals surface area (Å²) in [4.78, 5) is 10.4. The lowest BCUT2D eigenvalue weighted by atomic mass is 10.0. The zero-order valence-electron chi connectivity index (χ0n) is 15.8. The van der Waals surface area contributed by atoms with Crippen molar-refractivity contribution in [1.82, 2.24) is 9.88 Å². The Morgan fingerprint density at radius 2 is 2.08 bits per heavy atom. The lowest BCUT2D eigenvalue weighted by Crippen LogP contribution is -2.20. The first-order valence-electron chi connectivity index (χ1n) is 8.66. The van der Waals surface area contributed by atoms with Gasteiger partial charge in [0.1, 0.15) is 5.75 Å². The first-order chi connectivity index (χ1) is 12.4. The predicted molar refractivity (Wildman–Crippen MR) is 112 cm³/mol. The molecule has 0 unspecified atom stereocenters. The maximum atomic E-state index is 8.03. The predicted octanol–water partition coefficient (Wildman–Crippen LogP) is 2.96. The van der Waals surface area contributed by atoms with E-state index < -0.39 is 0 Å². The molecule has 0 bridgehead atoms. The molecule has 0 saturated carbocycles. The summed E-state index contributed by atoms with van der Waals surface area (Å²) in [5.41, 5.74) is 4.20. The molecule has 0 fully saturated rings. The van der Waals surface area contributed by atoms with Crippen molar-refractivity contribution in [3.8, 4) is 5.75 Å². The average Bonchev–Trinajstić information content (AvgIpc) is 2.63. The highest BCUT2D eigenvalue weighted by molar-refractivity contribution is 7.77. The van der Waals surface area contributed by atoms with Gasteiger partial charge in [0.2, 0.25) is 0 Å². The molecule has 1 aromatic heterocycles. The van der Waals surface area contributed by atoms with Gasteiger partial charge in [0.05, 0.1) is 12.6 Å². The molecule has 6 heteroatoms. The number of hydrogen-bond donors (Lipinski definition) is 1. The summed E-state index contributed by atoms with van der Waals surface area (Å²) in [7, 11) is 2.13. The third-order valence-electron chi connectivity index (χ3n) is 4.29. The normalized spacial score (nSPS) is 11.7. The number of amidine groups is 1. The molecule has 0 saturated heterocycles. The topological polar surface area (TPSA) is 61.6 Å². The van der Waals surface area contributed by atoms with Gasteiger partial charge in [-0.15, -0.1) is 4.99 Å². The highest BCUT2D eigenvalue weighted by Crippen LogP contribution is 2.23. The Morgan fingerprint density at radius 3 is 2.73 bits per heavy atom. The summed E-state index contributed by atoms with van der Waals surface area (Å²) in [5, 5.41) is 8.28. The zero-order chi connectivity index (χ0) is 19.1. The van der Waals surface area contributed by atoms with Crippen molar-refractivity contribution in [2.24, 2.45) is 4.99 Å². The van der Waals surface area contributed by atoms with Gasteiger partial charge < -0.3 is 9.64 Å². The SMILES string of the molecule is CCN(C)CCc1cc(C)c(OC([SH2+])=NC(=N)c2cccnc2)cc1C. The van der Waals surface area contributed by atoms with Crippen LogP contribution < -0.4 is 4.74 Å². The number of ether oxygens (including phenoxy) is 1. The average molecular weight is 372 g/mol. The fourth-order valence-electron chi connectivity index (χ4n) is 2.49. The quantitative estimate of drug-likeness (QED) is 0.482. The van der Waals surface area contributed by atoms with Crippen LogP contribution in [0, 0.1) is 19.3 Å². The Balaban J connectivity index is 2.10. The van der Waals surface area contributed by atoms with Crippen LogP contribution in [0.15, 0.2) is 41.7 Å². The van der Waals surface area contributed by atoms with Crippen LogP contribution in [-0.4, -0.2) is 41.1 Å². The highest BCUT2D eigenvalue weighted by Gasteiger charge is 2.12. The van der Waals surface area contributed by atoms with Gasteiger partial charge in [0.25, 0.3) is 0 Å². The third kappa shape index (κ3) is 5.68. The van der Waals surface area contributed by atoms with Crippen molar-refractivity contribution in [1.29, 1.82) is 5.41 Å². The van der Waals surface area contributed by atoms with Gasteiger partial charge in [-0.3, -0.25) is 10.4 Å². The number of rotatable bonds is 6. The van der Waals surface area contributed by atoms with Gasteiger partial charge in [-0.25, -0.2) is 0 Å². The minimum absolute atomic E-state index is 0.0942. The lowest BCUT2D eigenvalue weighted by molar-refractivity contribution is 0.357. The van der Waals surface area contributed by atoms with Crippen LogP contribution in [0.3, 0.4) is 0 Å². The smallest absolute Gasteiger partial charge is 0.402 e. The minimum Gasteiger partial charge on any atom is -0.402 e. The van der Waals surface area contributed by atoms with E-state index in [-0.39, 0.29) is 11.1 Å². The molecule has 138 valence electrons. The van der Waals surface area contributed by atoms with Gasteiger partial charge in [-0.05, 0) is 68.8 Å². The standard InChI is InChI=1S/C20H26N4OS/c1-5-24(4)10-8-16-11-15(3)18(12-14(16)2)25-20(26)23-19(21)17-7-6-9-22-13-17/h6-7,9,11-13H,5,8,10H2,1-4H3,(H2,21,23,26)/p+1. The molecule has 0 radical (unpaired) electrons. The first-order valence-corrected chi connectivity index (χ1v) is 9.16. The van der Waals surface area contributed by atoms with Crippen LogP contribution in [0.5, 0.6) is 5.75 Å². The van der Waals surface area contributed by atoms with E-state index in [1.165, 1.54) is 11.1 Å². The molecule has 0 aliphatic rings. The number of aryl methyl sites for hydroxylation is 2.